The predicted molar refractivity (Wildman–Crippen MR) is 56.8 cm³/mol. The Morgan fingerprint density at radius 1 is 1.41 bits per heavy atom. The van der Waals surface area contributed by atoms with Crippen LogP contribution in [0.2, 0.25) is 0 Å². The van der Waals surface area contributed by atoms with Gasteiger partial charge < -0.3 is 10.6 Å². The first kappa shape index (κ1) is 13.3. The highest BCUT2D eigenvalue weighted by molar-refractivity contribution is 5.93. The number of hydrogen-bond acceptors (Lipinski definition) is 3. The Morgan fingerprint density at radius 2 is 2.12 bits per heavy atom. The zero-order valence-corrected chi connectivity index (χ0v) is 9.14. The van der Waals surface area contributed by atoms with Crippen molar-refractivity contribution >= 4 is 11.7 Å². The lowest BCUT2D eigenvalue weighted by atomic mass is 10.2. The van der Waals surface area contributed by atoms with E-state index in [0.717, 1.165) is 0 Å². The number of carbonyl (C=O) groups excluding carboxylic acids is 1. The number of hydrogen-bond donors (Lipinski definition) is 2. The van der Waals surface area contributed by atoms with Crippen molar-refractivity contribution in [1.82, 2.24) is 10.3 Å². The second-order valence-corrected chi connectivity index (χ2v) is 3.30. The lowest BCUT2D eigenvalue weighted by Gasteiger charge is -2.08. The average Bonchev–Trinajstić information content (AvgIpc) is 2.27. The number of anilines is 1. The molecule has 17 heavy (non-hydrogen) atoms. The summed E-state index contributed by atoms with van der Waals surface area (Å²) in [4.78, 5) is 15.3. The normalized spacial score (nSPS) is 11.1. The standard InChI is InChI=1S/C10H12F3N3O/c1-14-8-3-2-7(6-16-8)9(17)15-5-4-10(11,12)13/h2-3,6H,4-5H2,1H3,(H,14,16)(H,15,17). The van der Waals surface area contributed by atoms with Gasteiger partial charge in [-0.05, 0) is 12.1 Å². The highest BCUT2D eigenvalue weighted by atomic mass is 19.4. The topological polar surface area (TPSA) is 54.0 Å². The molecule has 1 rings (SSSR count). The molecule has 1 aromatic heterocycles. The van der Waals surface area contributed by atoms with Gasteiger partial charge in [-0.1, -0.05) is 0 Å². The van der Waals surface area contributed by atoms with Crippen LogP contribution in [0.3, 0.4) is 0 Å². The minimum atomic E-state index is -4.26. The maximum Gasteiger partial charge on any atom is 0.390 e. The van der Waals surface area contributed by atoms with Gasteiger partial charge in [0.1, 0.15) is 5.82 Å². The molecule has 0 atom stereocenters. The summed E-state index contributed by atoms with van der Waals surface area (Å²) in [5.41, 5.74) is 0.228. The van der Waals surface area contributed by atoms with Gasteiger partial charge in [0.25, 0.3) is 5.91 Å². The molecule has 2 N–H and O–H groups in total. The van der Waals surface area contributed by atoms with Gasteiger partial charge in [0.05, 0.1) is 12.0 Å². The van der Waals surface area contributed by atoms with Crippen LogP contribution < -0.4 is 10.6 Å². The van der Waals surface area contributed by atoms with Crippen LogP contribution in [-0.2, 0) is 0 Å². The molecule has 0 fully saturated rings. The number of pyridine rings is 1. The van der Waals surface area contributed by atoms with Crippen LogP contribution in [0.25, 0.3) is 0 Å². The Balaban J connectivity index is 2.47. The molecule has 0 saturated heterocycles. The van der Waals surface area contributed by atoms with Gasteiger partial charge in [-0.2, -0.15) is 13.2 Å². The number of rotatable bonds is 4. The Morgan fingerprint density at radius 3 is 2.59 bits per heavy atom. The van der Waals surface area contributed by atoms with Gasteiger partial charge in [0.2, 0.25) is 0 Å². The molecule has 4 nitrogen and oxygen atoms in total. The summed E-state index contributed by atoms with van der Waals surface area (Å²) < 4.78 is 35.5. The van der Waals surface area contributed by atoms with E-state index in [1.54, 1.807) is 13.1 Å². The third-order valence-electron chi connectivity index (χ3n) is 1.98. The molecule has 0 aliphatic heterocycles. The first-order valence-corrected chi connectivity index (χ1v) is 4.91. The fourth-order valence-corrected chi connectivity index (χ4v) is 1.10. The summed E-state index contributed by atoms with van der Waals surface area (Å²) in [6.07, 6.45) is -4.00. The van der Waals surface area contributed by atoms with Crippen LogP contribution in [-0.4, -0.2) is 30.7 Å². The molecular weight excluding hydrogens is 235 g/mol. The third-order valence-corrected chi connectivity index (χ3v) is 1.98. The predicted octanol–water partition coefficient (Wildman–Crippen LogP) is 1.81. The van der Waals surface area contributed by atoms with Crippen LogP contribution in [0.15, 0.2) is 18.3 Å². The minimum absolute atomic E-state index is 0.228. The number of nitrogens with zero attached hydrogens (tertiary/aromatic N) is 1. The number of alkyl halides is 3. The monoisotopic (exact) mass is 247 g/mol. The van der Waals surface area contributed by atoms with E-state index in [1.165, 1.54) is 12.3 Å². The summed E-state index contributed by atoms with van der Waals surface area (Å²) in [6, 6.07) is 3.06. The van der Waals surface area contributed by atoms with Gasteiger partial charge in [-0.15, -0.1) is 0 Å². The van der Waals surface area contributed by atoms with Crippen LogP contribution >= 0.6 is 0 Å². The largest absolute Gasteiger partial charge is 0.390 e. The van der Waals surface area contributed by atoms with Crippen LogP contribution in [0.4, 0.5) is 19.0 Å². The van der Waals surface area contributed by atoms with Crippen molar-refractivity contribution in [2.24, 2.45) is 0 Å². The summed E-state index contributed by atoms with van der Waals surface area (Å²) in [5, 5.41) is 4.94. The van der Waals surface area contributed by atoms with E-state index in [0.29, 0.717) is 5.82 Å². The number of nitrogens with one attached hydrogen (secondary N) is 2. The van der Waals surface area contributed by atoms with E-state index in [2.05, 4.69) is 15.6 Å². The molecule has 0 spiro atoms. The van der Waals surface area contributed by atoms with Crippen molar-refractivity contribution in [2.75, 3.05) is 18.9 Å². The van der Waals surface area contributed by atoms with E-state index < -0.39 is 25.0 Å². The molecule has 1 aromatic rings. The second kappa shape index (κ2) is 5.51. The molecule has 94 valence electrons. The van der Waals surface area contributed by atoms with Crippen molar-refractivity contribution in [2.45, 2.75) is 12.6 Å². The summed E-state index contributed by atoms with van der Waals surface area (Å²) in [5.74, 6) is 0.0150. The first-order valence-electron chi connectivity index (χ1n) is 4.91. The highest BCUT2D eigenvalue weighted by Gasteiger charge is 2.26. The molecule has 1 heterocycles. The zero-order valence-electron chi connectivity index (χ0n) is 9.14. The fourth-order valence-electron chi connectivity index (χ4n) is 1.10. The van der Waals surface area contributed by atoms with Crippen molar-refractivity contribution < 1.29 is 18.0 Å². The van der Waals surface area contributed by atoms with Crippen molar-refractivity contribution in [3.05, 3.63) is 23.9 Å². The Bertz CT molecular complexity index is 375. The molecular formula is C10H12F3N3O. The van der Waals surface area contributed by atoms with E-state index in [-0.39, 0.29) is 5.56 Å². The number of amides is 1. The molecule has 0 aromatic carbocycles. The van der Waals surface area contributed by atoms with E-state index in [4.69, 9.17) is 0 Å². The molecule has 0 saturated carbocycles. The number of halogens is 3. The molecule has 0 aliphatic carbocycles. The summed E-state index contributed by atoms with van der Waals surface area (Å²) >= 11 is 0. The van der Waals surface area contributed by atoms with Gasteiger partial charge >= 0.3 is 6.18 Å². The van der Waals surface area contributed by atoms with Gasteiger partial charge in [0.15, 0.2) is 0 Å². The number of carbonyl (C=O) groups is 1. The SMILES string of the molecule is CNc1ccc(C(=O)NCCC(F)(F)F)cn1. The van der Waals surface area contributed by atoms with Crippen molar-refractivity contribution in [3.8, 4) is 0 Å². The molecule has 1 amide bonds. The molecule has 7 heteroatoms. The fraction of sp³-hybridized carbons (Fsp3) is 0.400. The highest BCUT2D eigenvalue weighted by Crippen LogP contribution is 2.18. The van der Waals surface area contributed by atoms with Gasteiger partial charge in [-0.25, -0.2) is 4.98 Å². The molecule has 0 radical (unpaired) electrons. The zero-order chi connectivity index (χ0) is 12.9. The molecule has 0 bridgehead atoms. The average molecular weight is 247 g/mol. The van der Waals surface area contributed by atoms with Crippen LogP contribution in [0, 0.1) is 0 Å². The van der Waals surface area contributed by atoms with E-state index in [9.17, 15) is 18.0 Å². The quantitative estimate of drug-likeness (QED) is 0.853. The molecule has 0 aliphatic rings. The van der Waals surface area contributed by atoms with Gasteiger partial charge in [-0.3, -0.25) is 4.79 Å². The van der Waals surface area contributed by atoms with Crippen molar-refractivity contribution in [3.63, 3.8) is 0 Å². The van der Waals surface area contributed by atoms with Crippen molar-refractivity contribution in [1.29, 1.82) is 0 Å². The third kappa shape index (κ3) is 4.71. The Kier molecular flexibility index (Phi) is 4.30. The van der Waals surface area contributed by atoms with E-state index in [1.807, 2.05) is 0 Å². The van der Waals surface area contributed by atoms with Crippen LogP contribution in [0.5, 0.6) is 0 Å². The summed E-state index contributed by atoms with van der Waals surface area (Å²) in [7, 11) is 1.67. The smallest absolute Gasteiger partial charge is 0.373 e. The van der Waals surface area contributed by atoms with Gasteiger partial charge in [0, 0.05) is 19.8 Å². The Labute approximate surface area is 96.2 Å². The summed E-state index contributed by atoms with van der Waals surface area (Å²) in [6.45, 7) is -0.434. The lowest BCUT2D eigenvalue weighted by Crippen LogP contribution is -2.28. The number of aromatic nitrogens is 1. The molecule has 0 unspecified atom stereocenters. The Hall–Kier alpha value is -1.79. The minimum Gasteiger partial charge on any atom is -0.373 e. The second-order valence-electron chi connectivity index (χ2n) is 3.30. The lowest BCUT2D eigenvalue weighted by molar-refractivity contribution is -0.132. The van der Waals surface area contributed by atoms with Crippen LogP contribution in [0.1, 0.15) is 16.8 Å². The van der Waals surface area contributed by atoms with E-state index >= 15 is 0 Å². The maximum atomic E-state index is 11.8. The first-order chi connectivity index (χ1) is 7.92. The maximum absolute atomic E-state index is 11.8.